The summed E-state index contributed by atoms with van der Waals surface area (Å²) in [5.41, 5.74) is 3.06. The van der Waals surface area contributed by atoms with Crippen molar-refractivity contribution in [2.24, 2.45) is 5.92 Å². The quantitative estimate of drug-likeness (QED) is 0.776. The third-order valence-electron chi connectivity index (χ3n) is 3.22. The molecule has 1 atom stereocenters. The Morgan fingerprint density at radius 1 is 1.21 bits per heavy atom. The van der Waals surface area contributed by atoms with Crippen molar-refractivity contribution in [3.05, 3.63) is 35.4 Å². The van der Waals surface area contributed by atoms with Gasteiger partial charge in [-0.05, 0) is 49.1 Å². The first-order valence-corrected chi connectivity index (χ1v) is 5.58. The van der Waals surface area contributed by atoms with E-state index in [0.29, 0.717) is 6.61 Å². The van der Waals surface area contributed by atoms with Gasteiger partial charge in [-0.25, -0.2) is 0 Å². The van der Waals surface area contributed by atoms with E-state index >= 15 is 0 Å². The van der Waals surface area contributed by atoms with Crippen molar-refractivity contribution in [1.82, 2.24) is 0 Å². The molecule has 0 bridgehead atoms. The fourth-order valence-corrected chi connectivity index (χ4v) is 2.40. The lowest BCUT2D eigenvalue weighted by atomic mass is 9.82. The van der Waals surface area contributed by atoms with Crippen LogP contribution < -0.4 is 0 Å². The van der Waals surface area contributed by atoms with E-state index in [1.54, 1.807) is 0 Å². The van der Waals surface area contributed by atoms with E-state index in [9.17, 15) is 0 Å². The van der Waals surface area contributed by atoms with Crippen LogP contribution >= 0.6 is 0 Å². The van der Waals surface area contributed by atoms with Crippen LogP contribution in [0.1, 0.15) is 30.4 Å². The molecule has 1 aliphatic rings. The minimum absolute atomic E-state index is 0.345. The summed E-state index contributed by atoms with van der Waals surface area (Å²) in [6, 6.07) is 8.76. The van der Waals surface area contributed by atoms with E-state index in [1.807, 2.05) is 0 Å². The summed E-state index contributed by atoms with van der Waals surface area (Å²) in [6.45, 7) is 0.345. The molecule has 0 aliphatic heterocycles. The van der Waals surface area contributed by atoms with Crippen LogP contribution in [0.15, 0.2) is 24.3 Å². The van der Waals surface area contributed by atoms with Gasteiger partial charge in [-0.1, -0.05) is 24.3 Å². The van der Waals surface area contributed by atoms with Crippen LogP contribution in [0.4, 0.5) is 0 Å². The number of hydrogen-bond donors (Lipinski definition) is 1. The molecule has 0 radical (unpaired) electrons. The van der Waals surface area contributed by atoms with E-state index in [0.717, 1.165) is 12.3 Å². The Morgan fingerprint density at radius 3 is 2.79 bits per heavy atom. The zero-order valence-electron chi connectivity index (χ0n) is 8.58. The van der Waals surface area contributed by atoms with E-state index in [1.165, 1.54) is 36.8 Å². The van der Waals surface area contributed by atoms with Gasteiger partial charge in [0.15, 0.2) is 0 Å². The molecule has 1 heteroatoms. The van der Waals surface area contributed by atoms with Crippen LogP contribution in [-0.2, 0) is 12.8 Å². The van der Waals surface area contributed by atoms with Gasteiger partial charge >= 0.3 is 0 Å². The molecule has 1 aromatic carbocycles. The molecule has 0 spiro atoms. The van der Waals surface area contributed by atoms with Gasteiger partial charge in [-0.2, -0.15) is 0 Å². The van der Waals surface area contributed by atoms with Crippen LogP contribution in [0.5, 0.6) is 0 Å². The van der Waals surface area contributed by atoms with Crippen molar-refractivity contribution in [3.8, 4) is 0 Å². The van der Waals surface area contributed by atoms with E-state index < -0.39 is 0 Å². The van der Waals surface area contributed by atoms with Crippen LogP contribution in [0.25, 0.3) is 0 Å². The average Bonchev–Trinajstić information content (AvgIpc) is 2.26. The molecular formula is C13H18O. The fraction of sp³-hybridized carbons (Fsp3) is 0.538. The van der Waals surface area contributed by atoms with E-state index in [-0.39, 0.29) is 0 Å². The molecule has 1 nitrogen and oxygen atoms in total. The maximum absolute atomic E-state index is 8.79. The zero-order valence-corrected chi connectivity index (χ0v) is 8.58. The van der Waals surface area contributed by atoms with Gasteiger partial charge in [-0.3, -0.25) is 0 Å². The Morgan fingerprint density at radius 2 is 2.00 bits per heavy atom. The molecule has 0 saturated heterocycles. The third-order valence-corrected chi connectivity index (χ3v) is 3.22. The SMILES string of the molecule is OCCCC1CCc2ccccc2C1. The molecule has 0 aromatic heterocycles. The molecule has 76 valence electrons. The maximum Gasteiger partial charge on any atom is 0.0431 e. The van der Waals surface area contributed by atoms with E-state index in [4.69, 9.17) is 5.11 Å². The van der Waals surface area contributed by atoms with Crippen LogP contribution in [0.3, 0.4) is 0 Å². The lowest BCUT2D eigenvalue weighted by Crippen LogP contribution is -2.14. The van der Waals surface area contributed by atoms with Crippen molar-refractivity contribution in [3.63, 3.8) is 0 Å². The highest BCUT2D eigenvalue weighted by atomic mass is 16.2. The number of fused-ring (bicyclic) bond motifs is 1. The molecule has 14 heavy (non-hydrogen) atoms. The van der Waals surface area contributed by atoms with E-state index in [2.05, 4.69) is 24.3 Å². The maximum atomic E-state index is 8.79. The van der Waals surface area contributed by atoms with Gasteiger partial charge in [0.1, 0.15) is 0 Å². The van der Waals surface area contributed by atoms with Crippen LogP contribution in [0.2, 0.25) is 0 Å². The normalized spacial score (nSPS) is 20.5. The Labute approximate surface area is 85.8 Å². The predicted octanol–water partition coefficient (Wildman–Crippen LogP) is 2.56. The second-order valence-electron chi connectivity index (χ2n) is 4.24. The van der Waals surface area contributed by atoms with Crippen molar-refractivity contribution < 1.29 is 5.11 Å². The fourth-order valence-electron chi connectivity index (χ4n) is 2.40. The molecule has 1 aliphatic carbocycles. The molecule has 0 fully saturated rings. The number of aryl methyl sites for hydroxylation is 1. The lowest BCUT2D eigenvalue weighted by Gasteiger charge is -2.24. The van der Waals surface area contributed by atoms with Crippen molar-refractivity contribution in [2.45, 2.75) is 32.1 Å². The van der Waals surface area contributed by atoms with Gasteiger partial charge in [-0.15, -0.1) is 0 Å². The number of aliphatic hydroxyl groups is 1. The highest BCUT2D eigenvalue weighted by molar-refractivity contribution is 5.29. The summed E-state index contributed by atoms with van der Waals surface area (Å²) in [6.07, 6.45) is 5.90. The smallest absolute Gasteiger partial charge is 0.0431 e. The summed E-state index contributed by atoms with van der Waals surface area (Å²) < 4.78 is 0. The van der Waals surface area contributed by atoms with Crippen molar-refractivity contribution >= 4 is 0 Å². The molecule has 1 aromatic rings. The number of hydrogen-bond acceptors (Lipinski definition) is 1. The second-order valence-corrected chi connectivity index (χ2v) is 4.24. The summed E-state index contributed by atoms with van der Waals surface area (Å²) in [4.78, 5) is 0. The van der Waals surface area contributed by atoms with Gasteiger partial charge in [0.2, 0.25) is 0 Å². The summed E-state index contributed by atoms with van der Waals surface area (Å²) in [7, 11) is 0. The van der Waals surface area contributed by atoms with Crippen LogP contribution in [-0.4, -0.2) is 11.7 Å². The molecular weight excluding hydrogens is 172 g/mol. The first-order chi connectivity index (χ1) is 6.90. The lowest BCUT2D eigenvalue weighted by molar-refractivity contribution is 0.266. The van der Waals surface area contributed by atoms with Gasteiger partial charge in [0, 0.05) is 6.61 Å². The third kappa shape index (κ3) is 2.16. The van der Waals surface area contributed by atoms with Gasteiger partial charge in [0.05, 0.1) is 0 Å². The largest absolute Gasteiger partial charge is 0.396 e. The first-order valence-electron chi connectivity index (χ1n) is 5.58. The molecule has 1 unspecified atom stereocenters. The minimum Gasteiger partial charge on any atom is -0.396 e. The average molecular weight is 190 g/mol. The van der Waals surface area contributed by atoms with Gasteiger partial charge in [0.25, 0.3) is 0 Å². The second kappa shape index (κ2) is 4.61. The molecule has 1 N–H and O–H groups in total. The highest BCUT2D eigenvalue weighted by Gasteiger charge is 2.17. The van der Waals surface area contributed by atoms with Gasteiger partial charge < -0.3 is 5.11 Å². The number of aliphatic hydroxyl groups excluding tert-OH is 1. The molecule has 2 rings (SSSR count). The summed E-state index contributed by atoms with van der Waals surface area (Å²) in [5, 5.41) is 8.79. The number of rotatable bonds is 3. The van der Waals surface area contributed by atoms with Crippen molar-refractivity contribution in [1.29, 1.82) is 0 Å². The first kappa shape index (κ1) is 9.72. The Kier molecular flexibility index (Phi) is 3.20. The van der Waals surface area contributed by atoms with Crippen molar-refractivity contribution in [2.75, 3.05) is 6.61 Å². The standard InChI is InChI=1S/C13H18O/c14-9-3-4-11-7-8-12-5-1-2-6-13(12)10-11/h1-2,5-6,11,14H,3-4,7-10H2. The Balaban J connectivity index is 1.99. The monoisotopic (exact) mass is 190 g/mol. The summed E-state index contributed by atoms with van der Waals surface area (Å²) in [5.74, 6) is 0.803. The van der Waals surface area contributed by atoms with Crippen LogP contribution in [0, 0.1) is 5.92 Å². The predicted molar refractivity (Wildman–Crippen MR) is 58.3 cm³/mol. The zero-order chi connectivity index (χ0) is 9.80. The topological polar surface area (TPSA) is 20.2 Å². The highest BCUT2D eigenvalue weighted by Crippen LogP contribution is 2.27. The molecule has 0 saturated carbocycles. The minimum atomic E-state index is 0.345. The molecule has 0 heterocycles. The summed E-state index contributed by atoms with van der Waals surface area (Å²) >= 11 is 0. The Bertz CT molecular complexity index is 293. The Hall–Kier alpha value is -0.820. The molecule has 0 amide bonds. The number of benzene rings is 1.